The van der Waals surface area contributed by atoms with Gasteiger partial charge in [-0.1, -0.05) is 0 Å². The Labute approximate surface area is 86.0 Å². The van der Waals surface area contributed by atoms with E-state index >= 15 is 0 Å². The summed E-state index contributed by atoms with van der Waals surface area (Å²) in [5.41, 5.74) is 0.0176. The molecule has 1 aliphatic heterocycles. The van der Waals surface area contributed by atoms with Gasteiger partial charge in [0.2, 0.25) is 5.91 Å². The molecule has 14 heavy (non-hydrogen) atoms. The van der Waals surface area contributed by atoms with Crippen LogP contribution in [-0.4, -0.2) is 49.1 Å². The molecular weight excluding hydrogens is 178 g/mol. The van der Waals surface area contributed by atoms with Crippen molar-refractivity contribution in [2.45, 2.75) is 26.3 Å². The fourth-order valence-electron chi connectivity index (χ4n) is 1.37. The standard InChI is InChI=1S/C10H21N3O/c1-10(2,3)12-8-9(14)13-6-4-11-5-7-13/h11-12H,4-8H2,1-3H3. The zero-order valence-electron chi connectivity index (χ0n) is 9.39. The molecule has 4 heteroatoms. The van der Waals surface area contributed by atoms with E-state index in [-0.39, 0.29) is 11.4 Å². The van der Waals surface area contributed by atoms with Gasteiger partial charge in [-0.2, -0.15) is 0 Å². The first-order valence-corrected chi connectivity index (χ1v) is 5.22. The van der Waals surface area contributed by atoms with E-state index in [1.165, 1.54) is 0 Å². The zero-order valence-corrected chi connectivity index (χ0v) is 9.39. The Balaban J connectivity index is 2.27. The van der Waals surface area contributed by atoms with E-state index in [1.807, 2.05) is 4.90 Å². The monoisotopic (exact) mass is 199 g/mol. The molecule has 0 atom stereocenters. The highest BCUT2D eigenvalue weighted by Crippen LogP contribution is 1.99. The number of hydrogen-bond donors (Lipinski definition) is 2. The maximum Gasteiger partial charge on any atom is 0.236 e. The van der Waals surface area contributed by atoms with Gasteiger partial charge < -0.3 is 15.5 Å². The van der Waals surface area contributed by atoms with Crippen LogP contribution in [0, 0.1) is 0 Å². The molecule has 0 aromatic heterocycles. The van der Waals surface area contributed by atoms with Crippen molar-refractivity contribution in [1.82, 2.24) is 15.5 Å². The molecule has 0 unspecified atom stereocenters. The SMILES string of the molecule is CC(C)(C)NCC(=O)N1CCNCC1. The van der Waals surface area contributed by atoms with Gasteiger partial charge in [0, 0.05) is 31.7 Å². The van der Waals surface area contributed by atoms with E-state index in [0.29, 0.717) is 6.54 Å². The summed E-state index contributed by atoms with van der Waals surface area (Å²) in [5, 5.41) is 6.43. The Hall–Kier alpha value is -0.610. The fourth-order valence-corrected chi connectivity index (χ4v) is 1.37. The quantitative estimate of drug-likeness (QED) is 0.648. The lowest BCUT2D eigenvalue weighted by Gasteiger charge is -2.29. The molecule has 1 saturated heterocycles. The smallest absolute Gasteiger partial charge is 0.236 e. The van der Waals surface area contributed by atoms with Crippen molar-refractivity contribution in [1.29, 1.82) is 0 Å². The van der Waals surface area contributed by atoms with Gasteiger partial charge in [-0.15, -0.1) is 0 Å². The predicted octanol–water partition coefficient (Wildman–Crippen LogP) is -0.194. The number of hydrogen-bond acceptors (Lipinski definition) is 3. The normalized spacial score (nSPS) is 18.4. The highest BCUT2D eigenvalue weighted by molar-refractivity contribution is 5.78. The molecule has 0 bridgehead atoms. The number of piperazine rings is 1. The second-order valence-electron chi connectivity index (χ2n) is 4.73. The van der Waals surface area contributed by atoms with E-state index in [0.717, 1.165) is 26.2 Å². The van der Waals surface area contributed by atoms with Crippen LogP contribution in [0.5, 0.6) is 0 Å². The Morgan fingerprint density at radius 3 is 2.43 bits per heavy atom. The van der Waals surface area contributed by atoms with E-state index in [2.05, 4.69) is 31.4 Å². The van der Waals surface area contributed by atoms with Crippen LogP contribution in [0.3, 0.4) is 0 Å². The van der Waals surface area contributed by atoms with Crippen LogP contribution < -0.4 is 10.6 Å². The van der Waals surface area contributed by atoms with E-state index < -0.39 is 0 Å². The second kappa shape index (κ2) is 4.75. The van der Waals surface area contributed by atoms with Gasteiger partial charge in [0.25, 0.3) is 0 Å². The first kappa shape index (κ1) is 11.5. The molecule has 0 aliphatic carbocycles. The van der Waals surface area contributed by atoms with Gasteiger partial charge >= 0.3 is 0 Å². The number of nitrogens with one attached hydrogen (secondary N) is 2. The van der Waals surface area contributed by atoms with E-state index in [1.54, 1.807) is 0 Å². The van der Waals surface area contributed by atoms with Crippen LogP contribution >= 0.6 is 0 Å². The number of nitrogens with zero attached hydrogens (tertiary/aromatic N) is 1. The third kappa shape index (κ3) is 4.07. The fraction of sp³-hybridized carbons (Fsp3) is 0.900. The minimum atomic E-state index is 0.0176. The van der Waals surface area contributed by atoms with Crippen molar-refractivity contribution in [3.8, 4) is 0 Å². The molecule has 1 rings (SSSR count). The van der Waals surface area contributed by atoms with Crippen molar-refractivity contribution >= 4 is 5.91 Å². The van der Waals surface area contributed by atoms with E-state index in [9.17, 15) is 4.79 Å². The summed E-state index contributed by atoms with van der Waals surface area (Å²) in [7, 11) is 0. The highest BCUT2D eigenvalue weighted by Gasteiger charge is 2.18. The first-order chi connectivity index (χ1) is 6.49. The number of amides is 1. The van der Waals surface area contributed by atoms with Gasteiger partial charge in [0.1, 0.15) is 0 Å². The summed E-state index contributed by atoms with van der Waals surface area (Å²) in [6, 6.07) is 0. The Morgan fingerprint density at radius 2 is 1.93 bits per heavy atom. The van der Waals surface area contributed by atoms with Crippen LogP contribution in [0.2, 0.25) is 0 Å². The lowest BCUT2D eigenvalue weighted by Crippen LogP contribution is -2.51. The number of carbonyl (C=O) groups is 1. The van der Waals surface area contributed by atoms with Gasteiger partial charge in [0.05, 0.1) is 6.54 Å². The Kier molecular flexibility index (Phi) is 3.89. The molecular formula is C10H21N3O. The summed E-state index contributed by atoms with van der Waals surface area (Å²) in [5.74, 6) is 0.210. The second-order valence-corrected chi connectivity index (χ2v) is 4.73. The van der Waals surface area contributed by atoms with Crippen LogP contribution in [-0.2, 0) is 4.79 Å². The highest BCUT2D eigenvalue weighted by atomic mass is 16.2. The average Bonchev–Trinajstić information content (AvgIpc) is 2.14. The lowest BCUT2D eigenvalue weighted by molar-refractivity contribution is -0.131. The van der Waals surface area contributed by atoms with Crippen molar-refractivity contribution in [3.05, 3.63) is 0 Å². The molecule has 0 radical (unpaired) electrons. The van der Waals surface area contributed by atoms with Gasteiger partial charge in [-0.3, -0.25) is 4.79 Å². The van der Waals surface area contributed by atoms with Crippen LogP contribution in [0.1, 0.15) is 20.8 Å². The largest absolute Gasteiger partial charge is 0.339 e. The number of carbonyl (C=O) groups excluding carboxylic acids is 1. The summed E-state index contributed by atoms with van der Waals surface area (Å²) in [6.07, 6.45) is 0. The van der Waals surface area contributed by atoms with Crippen molar-refractivity contribution in [2.24, 2.45) is 0 Å². The Morgan fingerprint density at radius 1 is 1.36 bits per heavy atom. The van der Waals surface area contributed by atoms with Crippen LogP contribution in [0.25, 0.3) is 0 Å². The third-order valence-electron chi connectivity index (χ3n) is 2.24. The summed E-state index contributed by atoms with van der Waals surface area (Å²) >= 11 is 0. The molecule has 0 spiro atoms. The number of rotatable bonds is 2. The maximum absolute atomic E-state index is 11.7. The third-order valence-corrected chi connectivity index (χ3v) is 2.24. The van der Waals surface area contributed by atoms with Gasteiger partial charge in [-0.25, -0.2) is 0 Å². The lowest BCUT2D eigenvalue weighted by atomic mass is 10.1. The van der Waals surface area contributed by atoms with Gasteiger partial charge in [-0.05, 0) is 20.8 Å². The van der Waals surface area contributed by atoms with Crippen LogP contribution in [0.15, 0.2) is 0 Å². The predicted molar refractivity (Wildman–Crippen MR) is 57.2 cm³/mol. The summed E-state index contributed by atoms with van der Waals surface area (Å²) in [4.78, 5) is 13.6. The molecule has 1 heterocycles. The van der Waals surface area contributed by atoms with E-state index in [4.69, 9.17) is 0 Å². The van der Waals surface area contributed by atoms with Crippen molar-refractivity contribution in [3.63, 3.8) is 0 Å². The minimum absolute atomic E-state index is 0.0176. The molecule has 1 aliphatic rings. The molecule has 1 fully saturated rings. The summed E-state index contributed by atoms with van der Waals surface area (Å²) in [6.45, 7) is 10.2. The minimum Gasteiger partial charge on any atom is -0.339 e. The Bertz CT molecular complexity index is 192. The molecule has 1 amide bonds. The van der Waals surface area contributed by atoms with Crippen LogP contribution in [0.4, 0.5) is 0 Å². The molecule has 0 saturated carbocycles. The molecule has 0 aromatic rings. The molecule has 82 valence electrons. The molecule has 4 nitrogen and oxygen atoms in total. The van der Waals surface area contributed by atoms with Crippen molar-refractivity contribution < 1.29 is 4.79 Å². The average molecular weight is 199 g/mol. The topological polar surface area (TPSA) is 44.4 Å². The first-order valence-electron chi connectivity index (χ1n) is 5.22. The zero-order chi connectivity index (χ0) is 10.6. The van der Waals surface area contributed by atoms with Gasteiger partial charge in [0.15, 0.2) is 0 Å². The summed E-state index contributed by atoms with van der Waals surface area (Å²) < 4.78 is 0. The molecule has 2 N–H and O–H groups in total. The van der Waals surface area contributed by atoms with Crippen molar-refractivity contribution in [2.75, 3.05) is 32.7 Å². The maximum atomic E-state index is 11.7. The molecule has 0 aromatic carbocycles.